The monoisotopic (exact) mass is 526 g/mol. The van der Waals surface area contributed by atoms with Crippen molar-refractivity contribution in [3.8, 4) is 0 Å². The van der Waals surface area contributed by atoms with Gasteiger partial charge in [0.15, 0.2) is 0 Å². The van der Waals surface area contributed by atoms with Crippen LogP contribution < -0.4 is 42.4 Å². The van der Waals surface area contributed by atoms with Crippen molar-refractivity contribution in [2.75, 3.05) is 0 Å². The summed E-state index contributed by atoms with van der Waals surface area (Å²) in [6.07, 6.45) is 11.3. The van der Waals surface area contributed by atoms with Gasteiger partial charge in [0.2, 0.25) is 0 Å². The normalized spacial score (nSPS) is 12.6. The van der Waals surface area contributed by atoms with Crippen LogP contribution in [-0.4, -0.2) is 9.52 Å². The van der Waals surface area contributed by atoms with E-state index in [4.69, 9.17) is 0 Å². The van der Waals surface area contributed by atoms with Crippen LogP contribution in [0.5, 0.6) is 0 Å². The van der Waals surface area contributed by atoms with Gasteiger partial charge in [-0.2, -0.15) is 5.20 Å². The van der Waals surface area contributed by atoms with Crippen LogP contribution in [0.15, 0.2) is 58.8 Å². The van der Waals surface area contributed by atoms with Crippen molar-refractivity contribution in [3.63, 3.8) is 0 Å². The fourth-order valence-electron chi connectivity index (χ4n) is 4.32. The fraction of sp³-hybridized carbons (Fsp3) is 0.385. The minimum Gasteiger partial charge on any atom is -1.00 e. The summed E-state index contributed by atoms with van der Waals surface area (Å²) in [6, 6.07) is 15.6. The first-order valence-corrected chi connectivity index (χ1v) is 11.9. The Bertz CT molecular complexity index is 837. The van der Waals surface area contributed by atoms with Crippen LogP contribution in [0, 0.1) is 26.8 Å². The number of hydrogen-bond acceptors (Lipinski definition) is 0. The summed E-state index contributed by atoms with van der Waals surface area (Å²) in [7, 11) is -0.426. The summed E-state index contributed by atoms with van der Waals surface area (Å²) in [6.45, 7) is 9.08. The first-order chi connectivity index (χ1) is 13.1. The maximum absolute atomic E-state index is 3.89. The number of allylic oxidation sites excluding steroid dienone is 4. The third-order valence-corrected chi connectivity index (χ3v) is 8.04. The van der Waals surface area contributed by atoms with E-state index >= 15 is 0 Å². The van der Waals surface area contributed by atoms with Gasteiger partial charge in [-0.05, 0) is 32.8 Å². The predicted molar refractivity (Wildman–Crippen MR) is 122 cm³/mol. The van der Waals surface area contributed by atoms with Crippen molar-refractivity contribution in [1.29, 1.82) is 0 Å². The van der Waals surface area contributed by atoms with E-state index in [-0.39, 0.29) is 58.9 Å². The predicted octanol–water partition coefficient (Wildman–Crippen LogP) is -3.37. The zero-order valence-corrected chi connectivity index (χ0v) is 24.4. The largest absolute Gasteiger partial charge is 4.00 e. The fourth-order valence-corrected chi connectivity index (χ4v) is 6.23. The van der Waals surface area contributed by atoms with Gasteiger partial charge < -0.3 is 37.2 Å². The van der Waals surface area contributed by atoms with E-state index in [9.17, 15) is 0 Å². The van der Waals surface area contributed by atoms with E-state index in [1.807, 2.05) is 0 Å². The van der Waals surface area contributed by atoms with E-state index in [0.717, 1.165) is 6.42 Å². The smallest absolute Gasteiger partial charge is 1.00 e. The van der Waals surface area contributed by atoms with Gasteiger partial charge in [0.05, 0.1) is 9.52 Å². The van der Waals surface area contributed by atoms with Crippen LogP contribution in [0.1, 0.15) is 61.3 Å². The molecule has 0 fully saturated rings. The molecule has 5 heteroatoms. The number of unbranched alkanes of at least 4 members (excludes halogenated alkanes) is 2. The first-order valence-electron chi connectivity index (χ1n) is 10.5. The van der Waals surface area contributed by atoms with Crippen molar-refractivity contribution >= 4 is 14.7 Å². The number of benzene rings is 2. The zero-order valence-electron chi connectivity index (χ0n) is 19.1. The molecule has 0 spiro atoms. The Morgan fingerprint density at radius 2 is 1.52 bits per heavy atom. The molecule has 0 atom stereocenters. The molecule has 31 heavy (non-hydrogen) atoms. The van der Waals surface area contributed by atoms with Gasteiger partial charge in [0.1, 0.15) is 0 Å². The van der Waals surface area contributed by atoms with Crippen LogP contribution in [0.4, 0.5) is 0 Å². The van der Waals surface area contributed by atoms with Crippen LogP contribution in [0.25, 0.3) is 0 Å². The van der Waals surface area contributed by atoms with Gasteiger partial charge in [-0.1, -0.05) is 103 Å². The van der Waals surface area contributed by atoms with E-state index < -0.39 is 9.52 Å². The summed E-state index contributed by atoms with van der Waals surface area (Å²) in [5.41, 5.74) is 8.92. The summed E-state index contributed by atoms with van der Waals surface area (Å²) >= 11 is 0. The molecule has 1 aliphatic rings. The summed E-state index contributed by atoms with van der Waals surface area (Å²) in [4.78, 5) is 0. The number of hydrogen-bond donors (Lipinski definition) is 0. The molecule has 0 unspecified atom stereocenters. The van der Waals surface area contributed by atoms with Crippen LogP contribution in [-0.2, 0) is 28.1 Å². The van der Waals surface area contributed by atoms with Crippen LogP contribution in [0.2, 0.25) is 0 Å². The van der Waals surface area contributed by atoms with Crippen LogP contribution >= 0.6 is 0 Å². The molecule has 0 saturated heterocycles. The van der Waals surface area contributed by atoms with Gasteiger partial charge in [0.25, 0.3) is 0 Å². The summed E-state index contributed by atoms with van der Waals surface area (Å²) in [5, 5.41) is 3.25. The van der Waals surface area contributed by atoms with Crippen molar-refractivity contribution < 1.29 is 58.9 Å². The van der Waals surface area contributed by atoms with Crippen molar-refractivity contribution in [3.05, 3.63) is 87.1 Å². The van der Waals surface area contributed by atoms with Gasteiger partial charge in [-0.25, -0.2) is 11.1 Å². The molecular formula is C26H33Cl3SiTi. The maximum atomic E-state index is 3.89. The molecule has 3 rings (SSSR count). The number of halogens is 3. The molecule has 0 aromatic heterocycles. The molecule has 0 nitrogen and oxygen atoms in total. The second-order valence-electron chi connectivity index (χ2n) is 8.16. The molecule has 0 bridgehead atoms. The molecular weight excluding hydrogens is 495 g/mol. The minimum absolute atomic E-state index is 0. The van der Waals surface area contributed by atoms with Crippen molar-refractivity contribution in [2.45, 2.75) is 66.2 Å². The molecule has 0 saturated carbocycles. The molecule has 0 aliphatic heterocycles. The number of aryl methyl sites for hydroxylation is 3. The first kappa shape index (κ1) is 32.9. The second-order valence-corrected chi connectivity index (χ2v) is 10.1. The maximum Gasteiger partial charge on any atom is 4.00 e. The Balaban J connectivity index is 0. The van der Waals surface area contributed by atoms with Gasteiger partial charge in [-0.3, -0.25) is 6.08 Å². The number of rotatable bonds is 8. The molecule has 1 aliphatic carbocycles. The average molecular weight is 528 g/mol. The Labute approximate surface area is 225 Å². The van der Waals surface area contributed by atoms with Crippen molar-refractivity contribution in [2.24, 2.45) is 0 Å². The Morgan fingerprint density at radius 1 is 0.903 bits per heavy atom. The standard InChI is InChI=1S/C26H33Si.3ClH.Ti/c1-5-6-8-13-23-17-25(18-24(23)16-22-11-9-7-10-12-22)27-26-20(3)14-19(2)15-21(26)4;;;;/h7,9-12,14-15H,5-6,8,13,16-17,27H2,1-4H3;3*1H;/q-1;;;;+4/p-3. The summed E-state index contributed by atoms with van der Waals surface area (Å²) in [5.74, 6) is 0. The Kier molecular flexibility index (Phi) is 17.4. The molecule has 0 heterocycles. The molecule has 166 valence electrons. The summed E-state index contributed by atoms with van der Waals surface area (Å²) < 4.78 is 0. The van der Waals surface area contributed by atoms with E-state index in [0.29, 0.717) is 0 Å². The third kappa shape index (κ3) is 9.62. The molecule has 0 radical (unpaired) electrons. The molecule has 2 aromatic rings. The molecule has 0 N–H and O–H groups in total. The van der Waals surface area contributed by atoms with E-state index in [2.05, 4.69) is 76.2 Å². The van der Waals surface area contributed by atoms with Gasteiger partial charge >= 0.3 is 21.7 Å². The minimum atomic E-state index is -0.426. The Hall–Kier alpha value is -0.279. The van der Waals surface area contributed by atoms with Gasteiger partial charge in [-0.15, -0.1) is 0 Å². The van der Waals surface area contributed by atoms with E-state index in [1.165, 1.54) is 59.9 Å². The van der Waals surface area contributed by atoms with Crippen LogP contribution in [0.3, 0.4) is 0 Å². The van der Waals surface area contributed by atoms with Crippen molar-refractivity contribution in [1.82, 2.24) is 0 Å². The zero-order chi connectivity index (χ0) is 19.2. The topological polar surface area (TPSA) is 0 Å². The second kappa shape index (κ2) is 16.4. The van der Waals surface area contributed by atoms with Gasteiger partial charge in [0, 0.05) is 0 Å². The van der Waals surface area contributed by atoms with E-state index in [1.54, 1.807) is 16.0 Å². The molecule has 0 amide bonds. The SMILES string of the molecule is CCCCCC1=C(Cc2ccccc2)[C-]=C([SiH2]c2c(C)cc(C)cc2C)C1.[Cl-].[Cl-].[Cl-].[Ti+4]. The quantitative estimate of drug-likeness (QED) is 0.191. The molecule has 2 aromatic carbocycles. The third-order valence-electron chi connectivity index (χ3n) is 5.72. The Morgan fingerprint density at radius 3 is 2.10 bits per heavy atom. The average Bonchev–Trinajstić information content (AvgIpc) is 3.01.